The van der Waals surface area contributed by atoms with Crippen molar-refractivity contribution in [3.63, 3.8) is 0 Å². The average Bonchev–Trinajstić information content (AvgIpc) is 3.39. The number of methoxy groups -OCH3 is 1. The van der Waals surface area contributed by atoms with Gasteiger partial charge in [-0.3, -0.25) is 19.5 Å². The maximum atomic E-state index is 13.6. The van der Waals surface area contributed by atoms with Crippen molar-refractivity contribution in [1.29, 1.82) is 0 Å². The molecule has 1 unspecified atom stereocenters. The fraction of sp³-hybridized carbons (Fsp3) is 0.0800. The number of ether oxygens (including phenoxy) is 1. The van der Waals surface area contributed by atoms with Gasteiger partial charge in [0.05, 0.1) is 18.7 Å². The van der Waals surface area contributed by atoms with Crippen LogP contribution in [0.2, 0.25) is 0 Å². The predicted molar refractivity (Wildman–Crippen MR) is 118 cm³/mol. The summed E-state index contributed by atoms with van der Waals surface area (Å²) in [6.45, 7) is 0. The van der Waals surface area contributed by atoms with E-state index in [1.165, 1.54) is 48.5 Å². The van der Waals surface area contributed by atoms with Crippen LogP contribution in [-0.4, -0.2) is 28.9 Å². The van der Waals surface area contributed by atoms with Gasteiger partial charge in [0.2, 0.25) is 5.78 Å². The van der Waals surface area contributed by atoms with Crippen LogP contribution in [0.1, 0.15) is 22.2 Å². The Morgan fingerprint density at radius 1 is 1.15 bits per heavy atom. The number of pyridine rings is 1. The summed E-state index contributed by atoms with van der Waals surface area (Å²) < 4.78 is 24.6. The molecule has 0 bridgehead atoms. The van der Waals surface area contributed by atoms with Gasteiger partial charge in [0.25, 0.3) is 5.91 Å². The van der Waals surface area contributed by atoms with Crippen LogP contribution >= 0.6 is 0 Å². The molecule has 4 aromatic rings. The Morgan fingerprint density at radius 3 is 2.64 bits per heavy atom. The molecule has 1 atom stereocenters. The third-order valence-corrected chi connectivity index (χ3v) is 5.51. The van der Waals surface area contributed by atoms with Crippen molar-refractivity contribution in [1.82, 2.24) is 4.98 Å². The number of carbonyl (C=O) groups excluding carboxylic acids is 2. The van der Waals surface area contributed by atoms with Gasteiger partial charge in [0.15, 0.2) is 22.9 Å². The Kier molecular flexibility index (Phi) is 4.90. The molecule has 7 nitrogen and oxygen atoms in total. The van der Waals surface area contributed by atoms with E-state index in [2.05, 4.69) is 4.98 Å². The largest absolute Gasteiger partial charge is 0.503 e. The van der Waals surface area contributed by atoms with Gasteiger partial charge in [0, 0.05) is 23.5 Å². The summed E-state index contributed by atoms with van der Waals surface area (Å²) in [5.41, 5.74) is 1.03. The van der Waals surface area contributed by atoms with Gasteiger partial charge < -0.3 is 14.3 Å². The van der Waals surface area contributed by atoms with Gasteiger partial charge >= 0.3 is 0 Å². The minimum Gasteiger partial charge on any atom is -0.503 e. The molecule has 0 saturated heterocycles. The summed E-state index contributed by atoms with van der Waals surface area (Å²) in [6.07, 6.45) is 3.06. The van der Waals surface area contributed by atoms with Gasteiger partial charge in [0.1, 0.15) is 5.82 Å². The first kappa shape index (κ1) is 20.4. The lowest BCUT2D eigenvalue weighted by Gasteiger charge is -2.26. The van der Waals surface area contributed by atoms with E-state index in [0.29, 0.717) is 28.0 Å². The number of amides is 1. The minimum atomic E-state index is -0.987. The smallest absolute Gasteiger partial charge is 0.294 e. The van der Waals surface area contributed by atoms with E-state index in [0.717, 1.165) is 0 Å². The van der Waals surface area contributed by atoms with Crippen LogP contribution in [0.4, 0.5) is 10.1 Å². The average molecular weight is 444 g/mol. The number of aliphatic hydroxyl groups is 1. The van der Waals surface area contributed by atoms with Crippen LogP contribution in [0.25, 0.3) is 11.0 Å². The highest BCUT2D eigenvalue weighted by Gasteiger charge is 2.45. The van der Waals surface area contributed by atoms with Gasteiger partial charge in [-0.1, -0.05) is 18.2 Å². The monoisotopic (exact) mass is 444 g/mol. The second kappa shape index (κ2) is 7.90. The summed E-state index contributed by atoms with van der Waals surface area (Å²) in [5, 5.41) is 11.4. The predicted octanol–water partition coefficient (Wildman–Crippen LogP) is 4.76. The molecular weight excluding hydrogens is 427 g/mol. The van der Waals surface area contributed by atoms with Crippen molar-refractivity contribution in [3.05, 3.63) is 102 Å². The number of fused-ring (bicyclic) bond motifs is 1. The number of nitrogens with zero attached hydrogens (tertiary/aromatic N) is 2. The molecule has 164 valence electrons. The Hall–Kier alpha value is -4.46. The van der Waals surface area contributed by atoms with Crippen molar-refractivity contribution in [2.75, 3.05) is 12.0 Å². The number of benzene rings is 2. The Morgan fingerprint density at radius 2 is 1.94 bits per heavy atom. The Labute approximate surface area is 187 Å². The van der Waals surface area contributed by atoms with Gasteiger partial charge in [-0.15, -0.1) is 0 Å². The summed E-state index contributed by atoms with van der Waals surface area (Å²) >= 11 is 0. The van der Waals surface area contributed by atoms with E-state index in [1.54, 1.807) is 36.5 Å². The molecule has 1 amide bonds. The number of hydrogen-bond donors (Lipinski definition) is 1. The van der Waals surface area contributed by atoms with Gasteiger partial charge in [-0.05, 0) is 48.0 Å². The summed E-state index contributed by atoms with van der Waals surface area (Å²) in [5.74, 6) is -2.23. The zero-order valence-electron chi connectivity index (χ0n) is 17.4. The molecule has 1 aliphatic rings. The normalized spacial score (nSPS) is 16.0. The molecule has 0 aliphatic carbocycles. The number of halogens is 1. The van der Waals surface area contributed by atoms with Crippen LogP contribution in [0.3, 0.4) is 0 Å². The number of aliphatic hydroxyl groups excluding tert-OH is 1. The molecule has 0 radical (unpaired) electrons. The highest BCUT2D eigenvalue weighted by Crippen LogP contribution is 2.42. The van der Waals surface area contributed by atoms with E-state index in [-0.39, 0.29) is 11.3 Å². The maximum absolute atomic E-state index is 13.6. The lowest BCUT2D eigenvalue weighted by atomic mass is 9.96. The lowest BCUT2D eigenvalue weighted by Crippen LogP contribution is -2.31. The second-order valence-electron chi connectivity index (χ2n) is 7.42. The number of para-hydroxylation sites is 1. The lowest BCUT2D eigenvalue weighted by molar-refractivity contribution is -0.117. The van der Waals surface area contributed by atoms with E-state index in [4.69, 9.17) is 9.15 Å². The first-order chi connectivity index (χ1) is 16.0. The van der Waals surface area contributed by atoms with Crippen LogP contribution in [0.15, 0.2) is 88.8 Å². The van der Waals surface area contributed by atoms with Crippen molar-refractivity contribution in [3.8, 4) is 5.75 Å². The Bertz CT molecular complexity index is 1410. The van der Waals surface area contributed by atoms with E-state index >= 15 is 0 Å². The van der Waals surface area contributed by atoms with Crippen LogP contribution in [-0.2, 0) is 4.79 Å². The molecule has 2 aromatic carbocycles. The topological polar surface area (TPSA) is 92.9 Å². The van der Waals surface area contributed by atoms with Gasteiger partial charge in [-0.25, -0.2) is 4.39 Å². The number of carbonyl (C=O) groups is 2. The first-order valence-electron chi connectivity index (χ1n) is 10.0. The molecule has 5 rings (SSSR count). The third-order valence-electron chi connectivity index (χ3n) is 5.51. The standard InChI is InChI=1S/C25H17FN2O5/c1-32-18-6-2-4-14-12-19(33-24(14)18)22(29)20-21(15-5-3-11-27-13-15)28(25(31)23(20)30)17-9-7-16(26)8-10-17/h2-13,21,30H,1H3. The number of aromatic nitrogens is 1. The number of hydrogen-bond acceptors (Lipinski definition) is 6. The molecule has 1 aliphatic heterocycles. The highest BCUT2D eigenvalue weighted by molar-refractivity contribution is 6.20. The molecule has 0 spiro atoms. The van der Waals surface area contributed by atoms with Crippen molar-refractivity contribution >= 4 is 28.3 Å². The van der Waals surface area contributed by atoms with Crippen molar-refractivity contribution in [2.24, 2.45) is 0 Å². The molecule has 33 heavy (non-hydrogen) atoms. The fourth-order valence-corrected chi connectivity index (χ4v) is 4.00. The van der Waals surface area contributed by atoms with Crippen LogP contribution in [0.5, 0.6) is 5.75 Å². The number of Topliss-reactive ketones (excluding diaryl/α,β-unsaturated/α-hetero) is 1. The Balaban J connectivity index is 1.65. The number of furan rings is 1. The molecular formula is C25H17FN2O5. The molecule has 8 heteroatoms. The van der Waals surface area contributed by atoms with E-state index in [9.17, 15) is 19.1 Å². The molecule has 3 heterocycles. The fourth-order valence-electron chi connectivity index (χ4n) is 4.00. The molecule has 0 fully saturated rings. The highest BCUT2D eigenvalue weighted by atomic mass is 19.1. The maximum Gasteiger partial charge on any atom is 0.294 e. The quantitative estimate of drug-likeness (QED) is 0.446. The molecule has 0 saturated carbocycles. The summed E-state index contributed by atoms with van der Waals surface area (Å²) in [6, 6.07) is 14.3. The number of rotatable bonds is 5. The van der Waals surface area contributed by atoms with Crippen LogP contribution in [0, 0.1) is 5.82 Å². The third kappa shape index (κ3) is 3.32. The second-order valence-corrected chi connectivity index (χ2v) is 7.42. The van der Waals surface area contributed by atoms with Crippen LogP contribution < -0.4 is 9.64 Å². The van der Waals surface area contributed by atoms with Gasteiger partial charge in [-0.2, -0.15) is 0 Å². The van der Waals surface area contributed by atoms with E-state index < -0.39 is 29.3 Å². The number of ketones is 1. The minimum absolute atomic E-state index is 0.0568. The molecule has 2 aromatic heterocycles. The van der Waals surface area contributed by atoms with Crippen molar-refractivity contribution in [2.45, 2.75) is 6.04 Å². The summed E-state index contributed by atoms with van der Waals surface area (Å²) in [4.78, 5) is 32.0. The summed E-state index contributed by atoms with van der Waals surface area (Å²) in [7, 11) is 1.49. The molecule has 1 N–H and O–H groups in total. The first-order valence-corrected chi connectivity index (χ1v) is 10.0. The zero-order valence-corrected chi connectivity index (χ0v) is 17.4. The van der Waals surface area contributed by atoms with E-state index in [1.807, 2.05) is 0 Å². The number of anilines is 1. The SMILES string of the molecule is COc1cccc2cc(C(=O)C3=C(O)C(=O)N(c4ccc(F)cc4)C3c3cccnc3)oc12. The van der Waals surface area contributed by atoms with Crippen molar-refractivity contribution < 1.29 is 28.2 Å². The zero-order chi connectivity index (χ0) is 23.1.